The standard InChI is InChI=1S/C10H18N2OS.ClH/c1-10(4-6-11-7-5-10)12-9(13)3-8-14-2;/h3,8,11H,4-7H2,1-2H3,(H,12,13);1H/b8-3+;. The second-order valence-electron chi connectivity index (χ2n) is 3.84. The third-order valence-electron chi connectivity index (χ3n) is 2.49. The van der Waals surface area contributed by atoms with Crippen molar-refractivity contribution in [1.29, 1.82) is 0 Å². The molecule has 0 aliphatic carbocycles. The molecule has 0 saturated carbocycles. The summed E-state index contributed by atoms with van der Waals surface area (Å²) in [4.78, 5) is 11.4. The molecule has 1 aliphatic rings. The minimum atomic E-state index is -0.0227. The topological polar surface area (TPSA) is 41.1 Å². The van der Waals surface area contributed by atoms with Gasteiger partial charge in [0.05, 0.1) is 0 Å². The highest BCUT2D eigenvalue weighted by Crippen LogP contribution is 2.16. The highest BCUT2D eigenvalue weighted by atomic mass is 35.5. The van der Waals surface area contributed by atoms with Gasteiger partial charge < -0.3 is 10.6 Å². The number of amides is 1. The minimum absolute atomic E-state index is 0. The van der Waals surface area contributed by atoms with Gasteiger partial charge in [-0.25, -0.2) is 0 Å². The minimum Gasteiger partial charge on any atom is -0.347 e. The highest BCUT2D eigenvalue weighted by Gasteiger charge is 2.27. The Kier molecular flexibility index (Phi) is 7.05. The van der Waals surface area contributed by atoms with E-state index in [1.165, 1.54) is 11.8 Å². The van der Waals surface area contributed by atoms with Gasteiger partial charge in [-0.15, -0.1) is 24.2 Å². The zero-order valence-corrected chi connectivity index (χ0v) is 10.8. The summed E-state index contributed by atoms with van der Waals surface area (Å²) in [5, 5.41) is 8.14. The van der Waals surface area contributed by atoms with Crippen molar-refractivity contribution in [3.8, 4) is 0 Å². The van der Waals surface area contributed by atoms with Crippen LogP contribution < -0.4 is 10.6 Å². The lowest BCUT2D eigenvalue weighted by molar-refractivity contribution is -0.118. The molecular weight excluding hydrogens is 232 g/mol. The number of carbonyl (C=O) groups is 1. The Morgan fingerprint density at radius 1 is 1.47 bits per heavy atom. The monoisotopic (exact) mass is 250 g/mol. The van der Waals surface area contributed by atoms with E-state index in [1.54, 1.807) is 11.5 Å². The fourth-order valence-corrected chi connectivity index (χ4v) is 1.83. The third-order valence-corrected chi connectivity index (χ3v) is 2.90. The molecule has 0 unspecified atom stereocenters. The number of rotatable bonds is 3. The van der Waals surface area contributed by atoms with Crippen molar-refractivity contribution in [1.82, 2.24) is 10.6 Å². The van der Waals surface area contributed by atoms with Gasteiger partial charge in [-0.2, -0.15) is 0 Å². The molecule has 1 aliphatic heterocycles. The van der Waals surface area contributed by atoms with Crippen molar-refractivity contribution in [3.05, 3.63) is 11.5 Å². The summed E-state index contributed by atoms with van der Waals surface area (Å²) in [6.45, 7) is 4.09. The van der Waals surface area contributed by atoms with Crippen LogP contribution in [0.15, 0.2) is 11.5 Å². The summed E-state index contributed by atoms with van der Waals surface area (Å²) >= 11 is 1.54. The molecule has 0 spiro atoms. The largest absolute Gasteiger partial charge is 0.347 e. The van der Waals surface area contributed by atoms with Crippen molar-refractivity contribution in [2.24, 2.45) is 0 Å². The van der Waals surface area contributed by atoms with E-state index in [9.17, 15) is 4.79 Å². The van der Waals surface area contributed by atoms with E-state index in [0.29, 0.717) is 0 Å². The van der Waals surface area contributed by atoms with E-state index in [-0.39, 0.29) is 23.9 Å². The maximum atomic E-state index is 11.4. The fraction of sp³-hybridized carbons (Fsp3) is 0.700. The molecule has 1 amide bonds. The first-order valence-corrected chi connectivity index (χ1v) is 6.17. The van der Waals surface area contributed by atoms with Gasteiger partial charge in [0.25, 0.3) is 0 Å². The van der Waals surface area contributed by atoms with Gasteiger partial charge in [-0.05, 0) is 44.5 Å². The number of halogens is 1. The second-order valence-corrected chi connectivity index (χ2v) is 4.58. The number of hydrogen-bond donors (Lipinski definition) is 2. The van der Waals surface area contributed by atoms with Crippen molar-refractivity contribution in [2.75, 3.05) is 19.3 Å². The first-order valence-electron chi connectivity index (χ1n) is 4.88. The van der Waals surface area contributed by atoms with Crippen LogP contribution in [0.2, 0.25) is 0 Å². The van der Waals surface area contributed by atoms with Crippen LogP contribution in [0.5, 0.6) is 0 Å². The lowest BCUT2D eigenvalue weighted by Gasteiger charge is -2.34. The molecule has 5 heteroatoms. The van der Waals surface area contributed by atoms with Gasteiger partial charge in [-0.1, -0.05) is 0 Å². The first kappa shape index (κ1) is 14.8. The molecule has 0 aromatic rings. The zero-order chi connectivity index (χ0) is 10.4. The van der Waals surface area contributed by atoms with Crippen molar-refractivity contribution >= 4 is 30.1 Å². The van der Waals surface area contributed by atoms with Crippen molar-refractivity contribution in [3.63, 3.8) is 0 Å². The Morgan fingerprint density at radius 3 is 2.60 bits per heavy atom. The van der Waals surface area contributed by atoms with E-state index in [1.807, 2.05) is 6.26 Å². The lowest BCUT2D eigenvalue weighted by atomic mass is 9.90. The van der Waals surface area contributed by atoms with Crippen LogP contribution >= 0.6 is 24.2 Å². The van der Waals surface area contributed by atoms with Gasteiger partial charge in [0.2, 0.25) is 5.91 Å². The SMILES string of the molecule is CS/C=C/C(=O)NC1(C)CCNCC1.Cl. The Labute approximate surface area is 102 Å². The Bertz CT molecular complexity index is 227. The summed E-state index contributed by atoms with van der Waals surface area (Å²) < 4.78 is 0. The average Bonchev–Trinajstić information content (AvgIpc) is 2.15. The summed E-state index contributed by atoms with van der Waals surface area (Å²) in [6, 6.07) is 0. The highest BCUT2D eigenvalue weighted by molar-refractivity contribution is 8.01. The van der Waals surface area contributed by atoms with Gasteiger partial charge in [0, 0.05) is 11.6 Å². The molecule has 3 nitrogen and oxygen atoms in total. The van der Waals surface area contributed by atoms with Crippen molar-refractivity contribution in [2.45, 2.75) is 25.3 Å². The van der Waals surface area contributed by atoms with E-state index >= 15 is 0 Å². The smallest absolute Gasteiger partial charge is 0.244 e. The number of carbonyl (C=O) groups excluding carboxylic acids is 1. The van der Waals surface area contributed by atoms with E-state index in [0.717, 1.165) is 25.9 Å². The predicted octanol–water partition coefficient (Wildman–Crippen LogP) is 1.54. The van der Waals surface area contributed by atoms with E-state index in [4.69, 9.17) is 0 Å². The van der Waals surface area contributed by atoms with Gasteiger partial charge in [0.15, 0.2) is 0 Å². The number of nitrogens with one attached hydrogen (secondary N) is 2. The molecule has 0 radical (unpaired) electrons. The molecule has 2 N–H and O–H groups in total. The second kappa shape index (κ2) is 7.14. The van der Waals surface area contributed by atoms with E-state index < -0.39 is 0 Å². The Balaban J connectivity index is 0.00000196. The number of piperidine rings is 1. The lowest BCUT2D eigenvalue weighted by Crippen LogP contribution is -2.51. The van der Waals surface area contributed by atoms with Crippen molar-refractivity contribution < 1.29 is 4.79 Å². The predicted molar refractivity (Wildman–Crippen MR) is 68.6 cm³/mol. The Hall–Kier alpha value is -0.190. The summed E-state index contributed by atoms with van der Waals surface area (Å²) in [7, 11) is 0. The van der Waals surface area contributed by atoms with Crippen LogP contribution in [-0.2, 0) is 4.79 Å². The molecule has 0 aromatic carbocycles. The Morgan fingerprint density at radius 2 is 2.07 bits per heavy atom. The molecular formula is C10H19ClN2OS. The van der Waals surface area contributed by atoms with Crippen LogP contribution in [0.4, 0.5) is 0 Å². The molecule has 1 saturated heterocycles. The molecule has 1 heterocycles. The van der Waals surface area contributed by atoms with Crippen LogP contribution in [0.1, 0.15) is 19.8 Å². The molecule has 1 rings (SSSR count). The number of hydrogen-bond acceptors (Lipinski definition) is 3. The number of thioether (sulfide) groups is 1. The third kappa shape index (κ3) is 5.44. The molecule has 0 atom stereocenters. The van der Waals surface area contributed by atoms with Gasteiger partial charge in [-0.3, -0.25) is 4.79 Å². The van der Waals surface area contributed by atoms with Gasteiger partial charge >= 0.3 is 0 Å². The van der Waals surface area contributed by atoms with Crippen LogP contribution in [0.3, 0.4) is 0 Å². The van der Waals surface area contributed by atoms with E-state index in [2.05, 4.69) is 17.6 Å². The molecule has 1 fully saturated rings. The summed E-state index contributed by atoms with van der Waals surface area (Å²) in [5.74, 6) is 0.0174. The average molecular weight is 251 g/mol. The molecule has 88 valence electrons. The maximum Gasteiger partial charge on any atom is 0.244 e. The molecule has 0 aromatic heterocycles. The van der Waals surface area contributed by atoms with Crippen LogP contribution in [-0.4, -0.2) is 30.8 Å². The fourth-order valence-electron chi connectivity index (χ4n) is 1.57. The summed E-state index contributed by atoms with van der Waals surface area (Å²) in [5.41, 5.74) is -0.0227. The zero-order valence-electron chi connectivity index (χ0n) is 9.21. The molecule has 15 heavy (non-hydrogen) atoms. The normalized spacial score (nSPS) is 19.6. The molecule has 0 bridgehead atoms. The van der Waals surface area contributed by atoms with Crippen LogP contribution in [0.25, 0.3) is 0 Å². The summed E-state index contributed by atoms with van der Waals surface area (Å²) in [6.07, 6.45) is 5.55. The van der Waals surface area contributed by atoms with Crippen LogP contribution in [0, 0.1) is 0 Å². The first-order chi connectivity index (χ1) is 6.66. The quantitative estimate of drug-likeness (QED) is 0.747. The van der Waals surface area contributed by atoms with Gasteiger partial charge in [0.1, 0.15) is 0 Å². The maximum absolute atomic E-state index is 11.4.